The van der Waals surface area contributed by atoms with Gasteiger partial charge in [-0.05, 0) is 31.6 Å². The number of hydrogen-bond acceptors (Lipinski definition) is 4. The molecule has 6 heteroatoms. The number of carbonyl (C=O) groups is 3. The third kappa shape index (κ3) is 3.03. The van der Waals surface area contributed by atoms with Crippen LogP contribution < -0.4 is 10.6 Å². The van der Waals surface area contributed by atoms with Crippen LogP contribution in [0.4, 0.5) is 5.69 Å². The SMILES string of the molecule is CN(C)CC(C)(C)CNC(=O)[C@@H]1C2C(=O)Nc3ccccc3C(=O)[C@@]21C. The smallest absolute Gasteiger partial charge is 0.229 e. The van der Waals surface area contributed by atoms with E-state index < -0.39 is 17.3 Å². The molecule has 1 fully saturated rings. The third-order valence-electron chi connectivity index (χ3n) is 5.49. The molecular weight excluding hydrogens is 330 g/mol. The summed E-state index contributed by atoms with van der Waals surface area (Å²) < 4.78 is 0. The van der Waals surface area contributed by atoms with Gasteiger partial charge >= 0.3 is 0 Å². The van der Waals surface area contributed by atoms with Crippen molar-refractivity contribution in [1.29, 1.82) is 0 Å². The number of benzene rings is 1. The van der Waals surface area contributed by atoms with Gasteiger partial charge in [0, 0.05) is 18.7 Å². The molecule has 1 aliphatic heterocycles. The number of nitrogens with zero attached hydrogens (tertiary/aromatic N) is 1. The van der Waals surface area contributed by atoms with Crippen molar-refractivity contribution in [2.45, 2.75) is 20.8 Å². The van der Waals surface area contributed by atoms with Gasteiger partial charge in [-0.25, -0.2) is 0 Å². The minimum absolute atomic E-state index is 0.101. The zero-order valence-corrected chi connectivity index (χ0v) is 16.1. The van der Waals surface area contributed by atoms with Gasteiger partial charge in [-0.15, -0.1) is 0 Å². The summed E-state index contributed by atoms with van der Waals surface area (Å²) in [5.41, 5.74) is -0.0567. The molecule has 3 atom stereocenters. The predicted octanol–water partition coefficient (Wildman–Crippen LogP) is 1.78. The highest BCUT2D eigenvalue weighted by molar-refractivity contribution is 6.19. The van der Waals surface area contributed by atoms with E-state index in [1.165, 1.54) is 0 Å². The zero-order chi connectivity index (χ0) is 19.3. The second kappa shape index (κ2) is 6.20. The van der Waals surface area contributed by atoms with E-state index in [1.54, 1.807) is 31.2 Å². The first-order valence-electron chi connectivity index (χ1n) is 8.95. The molecule has 6 nitrogen and oxygen atoms in total. The minimum atomic E-state index is -0.966. The molecule has 140 valence electrons. The highest BCUT2D eigenvalue weighted by atomic mass is 16.2. The van der Waals surface area contributed by atoms with Crippen molar-refractivity contribution in [2.75, 3.05) is 32.5 Å². The Labute approximate surface area is 154 Å². The lowest BCUT2D eigenvalue weighted by Crippen LogP contribution is -2.41. The van der Waals surface area contributed by atoms with E-state index in [9.17, 15) is 14.4 Å². The van der Waals surface area contributed by atoms with E-state index >= 15 is 0 Å². The van der Waals surface area contributed by atoms with Crippen molar-refractivity contribution in [2.24, 2.45) is 22.7 Å². The zero-order valence-electron chi connectivity index (χ0n) is 16.1. The molecular formula is C20H27N3O3. The summed E-state index contributed by atoms with van der Waals surface area (Å²) in [4.78, 5) is 40.4. The molecule has 0 spiro atoms. The normalized spacial score (nSPS) is 27.3. The highest BCUT2D eigenvalue weighted by Gasteiger charge is 2.73. The van der Waals surface area contributed by atoms with Crippen LogP contribution >= 0.6 is 0 Å². The number of carbonyl (C=O) groups excluding carboxylic acids is 3. The van der Waals surface area contributed by atoms with E-state index in [4.69, 9.17) is 0 Å². The van der Waals surface area contributed by atoms with Crippen LogP contribution in [0.25, 0.3) is 0 Å². The minimum Gasteiger partial charge on any atom is -0.355 e. The summed E-state index contributed by atoms with van der Waals surface area (Å²) in [5, 5.41) is 5.77. The summed E-state index contributed by atoms with van der Waals surface area (Å²) in [6, 6.07) is 6.98. The fourth-order valence-corrected chi connectivity index (χ4v) is 4.28. The first-order valence-corrected chi connectivity index (χ1v) is 8.95. The second-order valence-electron chi connectivity index (χ2n) is 8.72. The van der Waals surface area contributed by atoms with E-state index in [1.807, 2.05) is 14.1 Å². The maximum absolute atomic E-state index is 13.0. The molecule has 0 saturated heterocycles. The van der Waals surface area contributed by atoms with Crippen molar-refractivity contribution >= 4 is 23.3 Å². The Morgan fingerprint density at radius 3 is 2.58 bits per heavy atom. The number of anilines is 1. The Morgan fingerprint density at radius 1 is 1.27 bits per heavy atom. The molecule has 1 heterocycles. The first-order chi connectivity index (χ1) is 12.1. The molecule has 26 heavy (non-hydrogen) atoms. The van der Waals surface area contributed by atoms with Gasteiger partial charge in [0.1, 0.15) is 0 Å². The number of Topliss-reactive ketones (excluding diaryl/α,β-unsaturated/α-hetero) is 1. The number of para-hydroxylation sites is 1. The molecule has 0 radical (unpaired) electrons. The lowest BCUT2D eigenvalue weighted by Gasteiger charge is -2.28. The van der Waals surface area contributed by atoms with Crippen molar-refractivity contribution < 1.29 is 14.4 Å². The Balaban J connectivity index is 1.77. The number of ketones is 1. The van der Waals surface area contributed by atoms with E-state index in [0.717, 1.165) is 6.54 Å². The fourth-order valence-electron chi connectivity index (χ4n) is 4.28. The molecule has 1 aromatic rings. The van der Waals surface area contributed by atoms with Crippen LogP contribution in [0.15, 0.2) is 24.3 Å². The summed E-state index contributed by atoms with van der Waals surface area (Å²) in [5.74, 6) is -1.83. The Kier molecular flexibility index (Phi) is 4.43. The van der Waals surface area contributed by atoms with Crippen molar-refractivity contribution in [1.82, 2.24) is 10.2 Å². The fraction of sp³-hybridized carbons (Fsp3) is 0.550. The summed E-state index contributed by atoms with van der Waals surface area (Å²) >= 11 is 0. The molecule has 3 rings (SSSR count). The van der Waals surface area contributed by atoms with Gasteiger partial charge in [0.2, 0.25) is 11.8 Å². The lowest BCUT2D eigenvalue weighted by atomic mass is 9.91. The van der Waals surface area contributed by atoms with Crippen LogP contribution in [0, 0.1) is 22.7 Å². The van der Waals surface area contributed by atoms with Crippen molar-refractivity contribution in [3.05, 3.63) is 29.8 Å². The summed E-state index contributed by atoms with van der Waals surface area (Å²) in [6.45, 7) is 7.21. The monoisotopic (exact) mass is 357 g/mol. The molecule has 2 aliphatic rings. The Morgan fingerprint density at radius 2 is 1.92 bits per heavy atom. The van der Waals surface area contributed by atoms with Crippen molar-refractivity contribution in [3.8, 4) is 0 Å². The quantitative estimate of drug-likeness (QED) is 0.842. The van der Waals surface area contributed by atoms with Gasteiger partial charge in [0.15, 0.2) is 5.78 Å². The topological polar surface area (TPSA) is 78.5 Å². The van der Waals surface area contributed by atoms with Gasteiger partial charge < -0.3 is 15.5 Å². The van der Waals surface area contributed by atoms with Gasteiger partial charge in [-0.1, -0.05) is 32.9 Å². The maximum Gasteiger partial charge on any atom is 0.229 e. The summed E-state index contributed by atoms with van der Waals surface area (Å²) in [6.07, 6.45) is 0. The van der Waals surface area contributed by atoms with Gasteiger partial charge in [-0.3, -0.25) is 14.4 Å². The number of amides is 2. The van der Waals surface area contributed by atoms with Crippen LogP contribution in [0.2, 0.25) is 0 Å². The third-order valence-corrected chi connectivity index (χ3v) is 5.49. The van der Waals surface area contributed by atoms with Gasteiger partial charge in [0.05, 0.1) is 22.9 Å². The molecule has 1 unspecified atom stereocenters. The Hall–Kier alpha value is -2.21. The van der Waals surface area contributed by atoms with E-state index in [2.05, 4.69) is 29.4 Å². The predicted molar refractivity (Wildman–Crippen MR) is 99.8 cm³/mol. The van der Waals surface area contributed by atoms with Gasteiger partial charge in [0.25, 0.3) is 0 Å². The van der Waals surface area contributed by atoms with E-state index in [-0.39, 0.29) is 23.0 Å². The molecule has 2 amide bonds. The van der Waals surface area contributed by atoms with Crippen LogP contribution in [0.5, 0.6) is 0 Å². The van der Waals surface area contributed by atoms with Crippen LogP contribution in [-0.4, -0.2) is 49.7 Å². The lowest BCUT2D eigenvalue weighted by molar-refractivity contribution is -0.125. The largest absolute Gasteiger partial charge is 0.355 e. The van der Waals surface area contributed by atoms with Crippen LogP contribution in [0.1, 0.15) is 31.1 Å². The molecule has 1 saturated carbocycles. The summed E-state index contributed by atoms with van der Waals surface area (Å²) in [7, 11) is 3.98. The highest BCUT2D eigenvalue weighted by Crippen LogP contribution is 2.62. The van der Waals surface area contributed by atoms with Gasteiger partial charge in [-0.2, -0.15) is 0 Å². The van der Waals surface area contributed by atoms with E-state index in [0.29, 0.717) is 17.8 Å². The first kappa shape index (κ1) is 18.6. The average Bonchev–Trinajstić information content (AvgIpc) is 3.19. The van der Waals surface area contributed by atoms with Crippen molar-refractivity contribution in [3.63, 3.8) is 0 Å². The number of hydrogen-bond donors (Lipinski definition) is 2. The second-order valence-corrected chi connectivity index (χ2v) is 8.72. The number of rotatable bonds is 5. The molecule has 1 aromatic carbocycles. The Bertz CT molecular complexity index is 771. The average molecular weight is 357 g/mol. The number of fused-ring (bicyclic) bond motifs is 2. The number of nitrogens with one attached hydrogen (secondary N) is 2. The van der Waals surface area contributed by atoms with Crippen LogP contribution in [0.3, 0.4) is 0 Å². The maximum atomic E-state index is 13.0. The molecule has 0 bridgehead atoms. The molecule has 2 N–H and O–H groups in total. The standard InChI is InChI=1S/C20H27N3O3/c1-19(2,11-23(4)5)10-21-17(25)14-15-18(26)22-13-9-7-6-8-12(13)16(24)20(14,15)3/h6-9,14-15H,10-11H2,1-5H3,(H,21,25)(H,22,26)/t14-,15?,20+/m0/s1. The molecule has 1 aliphatic carbocycles. The van der Waals surface area contributed by atoms with Crippen LogP contribution in [-0.2, 0) is 9.59 Å². The molecule has 0 aromatic heterocycles.